The molecule has 21 heavy (non-hydrogen) atoms. The number of amides is 1. The van der Waals surface area contributed by atoms with Crippen molar-refractivity contribution in [3.63, 3.8) is 0 Å². The normalized spacial score (nSPS) is 18.0. The third kappa shape index (κ3) is 4.00. The van der Waals surface area contributed by atoms with Gasteiger partial charge in [0.25, 0.3) is 0 Å². The van der Waals surface area contributed by atoms with E-state index in [2.05, 4.69) is 17.4 Å². The van der Waals surface area contributed by atoms with Crippen LogP contribution in [0.3, 0.4) is 0 Å². The van der Waals surface area contributed by atoms with Crippen LogP contribution in [0.5, 0.6) is 0 Å². The van der Waals surface area contributed by atoms with Crippen molar-refractivity contribution in [2.45, 2.75) is 55.7 Å². The maximum Gasteiger partial charge on any atom is 0.319 e. The number of aliphatic carboxylic acids is 1. The Morgan fingerprint density at radius 3 is 2.67 bits per heavy atom. The number of carbonyl (C=O) groups is 2. The molecule has 0 aromatic heterocycles. The van der Waals surface area contributed by atoms with E-state index in [9.17, 15) is 14.7 Å². The van der Waals surface area contributed by atoms with E-state index in [1.54, 1.807) is 20.8 Å². The van der Waals surface area contributed by atoms with Crippen LogP contribution in [0.25, 0.3) is 0 Å². The van der Waals surface area contributed by atoms with Crippen molar-refractivity contribution in [2.75, 3.05) is 0 Å². The predicted octanol–water partition coefficient (Wildman–Crippen LogP) is 2.64. The van der Waals surface area contributed by atoms with Crippen LogP contribution in [0.15, 0.2) is 23.1 Å². The molecule has 2 rings (SSSR count). The van der Waals surface area contributed by atoms with Gasteiger partial charge in [0, 0.05) is 17.9 Å². The van der Waals surface area contributed by atoms with Crippen LogP contribution in [0.4, 0.5) is 0 Å². The molecule has 0 aliphatic heterocycles. The zero-order valence-corrected chi connectivity index (χ0v) is 13.4. The molecule has 0 heterocycles. The van der Waals surface area contributed by atoms with Crippen LogP contribution in [-0.2, 0) is 22.4 Å². The molecule has 1 amide bonds. The van der Waals surface area contributed by atoms with Crippen molar-refractivity contribution in [2.24, 2.45) is 0 Å². The summed E-state index contributed by atoms with van der Waals surface area (Å²) in [4.78, 5) is 23.3. The minimum Gasteiger partial charge on any atom is -0.480 e. The number of benzene rings is 1. The van der Waals surface area contributed by atoms with Crippen molar-refractivity contribution >= 4 is 23.6 Å². The van der Waals surface area contributed by atoms with Gasteiger partial charge in [-0.2, -0.15) is 0 Å². The molecular formula is C16H21NO3S. The number of nitrogens with one attached hydrogen (secondary N) is 1. The molecule has 0 saturated carbocycles. The summed E-state index contributed by atoms with van der Waals surface area (Å²) >= 11 is 1.37. The molecule has 1 aliphatic rings. The van der Waals surface area contributed by atoms with Gasteiger partial charge in [-0.25, -0.2) is 0 Å². The van der Waals surface area contributed by atoms with Crippen molar-refractivity contribution < 1.29 is 14.7 Å². The Bertz CT molecular complexity index is 569. The molecule has 1 atom stereocenters. The molecule has 0 spiro atoms. The second kappa shape index (κ2) is 6.10. The summed E-state index contributed by atoms with van der Waals surface area (Å²) in [6, 6.07) is 6.34. The van der Waals surface area contributed by atoms with E-state index in [4.69, 9.17) is 0 Å². The summed E-state index contributed by atoms with van der Waals surface area (Å²) in [5.74, 6) is -0.797. The Morgan fingerprint density at radius 1 is 1.33 bits per heavy atom. The Hall–Kier alpha value is -1.49. The molecule has 0 fully saturated rings. The van der Waals surface area contributed by atoms with Crippen molar-refractivity contribution in [3.05, 3.63) is 29.3 Å². The summed E-state index contributed by atoms with van der Waals surface area (Å²) in [7, 11) is 0. The molecule has 1 unspecified atom stereocenters. The number of rotatable bonds is 4. The van der Waals surface area contributed by atoms with Gasteiger partial charge in [-0.1, -0.05) is 6.07 Å². The fourth-order valence-electron chi connectivity index (χ4n) is 2.54. The second-order valence-electron chi connectivity index (χ2n) is 5.99. The lowest BCUT2D eigenvalue weighted by molar-refractivity contribution is -0.138. The Kier molecular flexibility index (Phi) is 4.61. The topological polar surface area (TPSA) is 66.4 Å². The molecule has 1 aromatic rings. The third-order valence-electron chi connectivity index (χ3n) is 3.70. The Morgan fingerprint density at radius 2 is 2.05 bits per heavy atom. The molecule has 1 aromatic carbocycles. The highest BCUT2D eigenvalue weighted by Crippen LogP contribution is 2.35. The maximum absolute atomic E-state index is 11.2. The summed E-state index contributed by atoms with van der Waals surface area (Å²) < 4.78 is -0.832. The fourth-order valence-corrected chi connectivity index (χ4v) is 3.56. The summed E-state index contributed by atoms with van der Waals surface area (Å²) in [5.41, 5.74) is 2.51. The first-order valence-corrected chi connectivity index (χ1v) is 7.91. The SMILES string of the molecule is CC(=O)NC1CCc2cc(SC(C)(C)C(=O)O)ccc2C1. The Balaban J connectivity index is 2.11. The lowest BCUT2D eigenvalue weighted by atomic mass is 9.88. The molecule has 1 aliphatic carbocycles. The average Bonchev–Trinajstić information content (AvgIpc) is 2.37. The van der Waals surface area contributed by atoms with Gasteiger partial charge in [0.1, 0.15) is 4.75 Å². The minimum atomic E-state index is -0.832. The van der Waals surface area contributed by atoms with E-state index < -0.39 is 10.7 Å². The maximum atomic E-state index is 11.2. The molecule has 0 bridgehead atoms. The van der Waals surface area contributed by atoms with E-state index in [1.807, 2.05) is 6.07 Å². The van der Waals surface area contributed by atoms with Crippen molar-refractivity contribution in [3.8, 4) is 0 Å². The van der Waals surface area contributed by atoms with Gasteiger partial charge >= 0.3 is 5.97 Å². The van der Waals surface area contributed by atoms with E-state index in [1.165, 1.54) is 22.9 Å². The second-order valence-corrected chi connectivity index (χ2v) is 7.68. The highest BCUT2D eigenvalue weighted by molar-refractivity contribution is 8.01. The smallest absolute Gasteiger partial charge is 0.319 e. The van der Waals surface area contributed by atoms with Crippen LogP contribution in [0, 0.1) is 0 Å². The van der Waals surface area contributed by atoms with E-state index in [0.29, 0.717) is 0 Å². The predicted molar refractivity (Wildman–Crippen MR) is 83.6 cm³/mol. The lowest BCUT2D eigenvalue weighted by Crippen LogP contribution is -2.37. The van der Waals surface area contributed by atoms with Crippen LogP contribution in [0.2, 0.25) is 0 Å². The number of hydrogen-bond acceptors (Lipinski definition) is 3. The fraction of sp³-hybridized carbons (Fsp3) is 0.500. The minimum absolute atomic E-state index is 0.0128. The number of fused-ring (bicyclic) bond motifs is 1. The third-order valence-corrected chi connectivity index (χ3v) is 4.88. The quantitative estimate of drug-likeness (QED) is 0.839. The highest BCUT2D eigenvalue weighted by atomic mass is 32.2. The largest absolute Gasteiger partial charge is 0.480 e. The van der Waals surface area contributed by atoms with Gasteiger partial charge in [0.05, 0.1) is 0 Å². The Labute approximate surface area is 129 Å². The van der Waals surface area contributed by atoms with E-state index in [0.717, 1.165) is 24.2 Å². The molecule has 5 heteroatoms. The van der Waals surface area contributed by atoms with Gasteiger partial charge in [-0.05, 0) is 56.4 Å². The van der Waals surface area contributed by atoms with Gasteiger partial charge < -0.3 is 10.4 Å². The molecular weight excluding hydrogens is 286 g/mol. The number of carbonyl (C=O) groups excluding carboxylic acids is 1. The summed E-state index contributed by atoms with van der Waals surface area (Å²) in [5, 5.41) is 12.2. The first kappa shape index (κ1) is 15.9. The summed E-state index contributed by atoms with van der Waals surface area (Å²) in [6.45, 7) is 4.97. The lowest BCUT2D eigenvalue weighted by Gasteiger charge is -2.26. The molecule has 2 N–H and O–H groups in total. The van der Waals surface area contributed by atoms with Crippen LogP contribution < -0.4 is 5.32 Å². The summed E-state index contributed by atoms with van der Waals surface area (Å²) in [6.07, 6.45) is 2.70. The first-order valence-electron chi connectivity index (χ1n) is 7.09. The molecule has 0 saturated heterocycles. The zero-order valence-electron chi connectivity index (χ0n) is 12.6. The van der Waals surface area contributed by atoms with E-state index in [-0.39, 0.29) is 11.9 Å². The molecule has 0 radical (unpaired) electrons. The standard InChI is InChI=1S/C16H21NO3S/c1-10(18)17-13-6-4-12-9-14(7-5-11(12)8-13)21-16(2,3)15(19)20/h5,7,9,13H,4,6,8H2,1-3H3,(H,17,18)(H,19,20). The number of carboxylic acids is 1. The molecule has 114 valence electrons. The van der Waals surface area contributed by atoms with Gasteiger partial charge in [-0.3, -0.25) is 9.59 Å². The monoisotopic (exact) mass is 307 g/mol. The van der Waals surface area contributed by atoms with Crippen LogP contribution in [-0.4, -0.2) is 27.8 Å². The highest BCUT2D eigenvalue weighted by Gasteiger charge is 2.29. The number of carboxylic acid groups (broad SMARTS) is 1. The van der Waals surface area contributed by atoms with Crippen molar-refractivity contribution in [1.82, 2.24) is 5.32 Å². The van der Waals surface area contributed by atoms with Crippen molar-refractivity contribution in [1.29, 1.82) is 0 Å². The number of hydrogen-bond donors (Lipinski definition) is 2. The van der Waals surface area contributed by atoms with Crippen LogP contribution >= 0.6 is 11.8 Å². The van der Waals surface area contributed by atoms with Crippen LogP contribution in [0.1, 0.15) is 38.3 Å². The number of aryl methyl sites for hydroxylation is 1. The molecule has 4 nitrogen and oxygen atoms in total. The number of thioether (sulfide) groups is 1. The van der Waals surface area contributed by atoms with Gasteiger partial charge in [0.15, 0.2) is 0 Å². The first-order chi connectivity index (χ1) is 9.78. The zero-order chi connectivity index (χ0) is 15.6. The van der Waals surface area contributed by atoms with Gasteiger partial charge in [-0.15, -0.1) is 11.8 Å². The van der Waals surface area contributed by atoms with Gasteiger partial charge in [0.2, 0.25) is 5.91 Å². The van der Waals surface area contributed by atoms with E-state index >= 15 is 0 Å². The average molecular weight is 307 g/mol.